The zero-order valence-corrected chi connectivity index (χ0v) is 7.29. The van der Waals surface area contributed by atoms with E-state index in [0.29, 0.717) is 11.0 Å². The number of aliphatic carboxylic acids is 1. The van der Waals surface area contributed by atoms with Gasteiger partial charge in [-0.15, -0.1) is 0 Å². The van der Waals surface area contributed by atoms with Crippen LogP contribution in [-0.4, -0.2) is 28.2 Å². The van der Waals surface area contributed by atoms with Gasteiger partial charge in [0.25, 0.3) is 0 Å². The highest BCUT2D eigenvalue weighted by Crippen LogP contribution is 1.99. The fraction of sp³-hybridized carbons (Fsp3) is 0. The largest absolute Gasteiger partial charge is 0.488 e. The molecule has 0 unspecified atom stereocenters. The molecule has 0 saturated heterocycles. The lowest BCUT2D eigenvalue weighted by atomic mass is 9.80. The summed E-state index contributed by atoms with van der Waals surface area (Å²) >= 11 is 0. The zero-order chi connectivity index (χ0) is 10.6. The molecule has 0 aliphatic heterocycles. The van der Waals surface area contributed by atoms with Crippen LogP contribution in [0.3, 0.4) is 0 Å². The maximum Gasteiger partial charge on any atom is 0.488 e. The van der Waals surface area contributed by atoms with Gasteiger partial charge in [0, 0.05) is 6.08 Å². The highest BCUT2D eigenvalue weighted by molar-refractivity contribution is 6.58. The Labute approximate surface area is 81.3 Å². The summed E-state index contributed by atoms with van der Waals surface area (Å²) in [5, 5.41) is 25.9. The minimum atomic E-state index is -1.49. The van der Waals surface area contributed by atoms with Gasteiger partial charge in [0.2, 0.25) is 0 Å². The minimum absolute atomic E-state index is 0.373. The first-order valence-corrected chi connectivity index (χ1v) is 3.96. The van der Waals surface area contributed by atoms with Crippen molar-refractivity contribution in [1.29, 1.82) is 0 Å². The van der Waals surface area contributed by atoms with Crippen LogP contribution < -0.4 is 5.46 Å². The normalized spacial score (nSPS) is 10.4. The van der Waals surface area contributed by atoms with E-state index in [1.807, 2.05) is 0 Å². The van der Waals surface area contributed by atoms with E-state index in [9.17, 15) is 4.79 Å². The van der Waals surface area contributed by atoms with Crippen molar-refractivity contribution in [2.75, 3.05) is 0 Å². The summed E-state index contributed by atoms with van der Waals surface area (Å²) in [5.41, 5.74) is 1.06. The first kappa shape index (κ1) is 10.5. The Morgan fingerprint density at radius 3 is 2.21 bits per heavy atom. The van der Waals surface area contributed by atoms with Gasteiger partial charge in [-0.05, 0) is 17.1 Å². The second-order valence-corrected chi connectivity index (χ2v) is 2.71. The van der Waals surface area contributed by atoms with Gasteiger partial charge < -0.3 is 15.2 Å². The van der Waals surface area contributed by atoms with Gasteiger partial charge in [-0.2, -0.15) is 0 Å². The molecule has 1 aromatic rings. The second-order valence-electron chi connectivity index (χ2n) is 2.71. The third-order valence-corrected chi connectivity index (χ3v) is 1.65. The lowest BCUT2D eigenvalue weighted by Gasteiger charge is -1.98. The second kappa shape index (κ2) is 4.60. The van der Waals surface area contributed by atoms with Crippen LogP contribution in [0.1, 0.15) is 5.56 Å². The van der Waals surface area contributed by atoms with E-state index in [1.54, 1.807) is 12.1 Å². The molecule has 3 N–H and O–H groups in total. The maximum atomic E-state index is 10.2. The molecule has 0 spiro atoms. The van der Waals surface area contributed by atoms with Crippen LogP contribution in [-0.2, 0) is 4.79 Å². The molecule has 0 bridgehead atoms. The van der Waals surface area contributed by atoms with Crippen LogP contribution in [0.2, 0.25) is 0 Å². The number of benzene rings is 1. The molecule has 5 heteroatoms. The summed E-state index contributed by atoms with van der Waals surface area (Å²) in [5.74, 6) is -1.02. The average Bonchev–Trinajstić information content (AvgIpc) is 2.15. The van der Waals surface area contributed by atoms with Crippen LogP contribution >= 0.6 is 0 Å². The highest BCUT2D eigenvalue weighted by atomic mass is 16.4. The summed E-state index contributed by atoms with van der Waals surface area (Å²) < 4.78 is 0. The predicted molar refractivity (Wildman–Crippen MR) is 52.9 cm³/mol. The van der Waals surface area contributed by atoms with Crippen LogP contribution in [0.4, 0.5) is 0 Å². The molecular formula is C9H9BO4. The lowest BCUT2D eigenvalue weighted by Crippen LogP contribution is -2.29. The molecule has 0 aromatic heterocycles. The third-order valence-electron chi connectivity index (χ3n) is 1.65. The standard InChI is InChI=1S/C9H9BO4/c11-9(12)6-3-7-1-4-8(5-2-7)10(13)14/h1-6,13-14H,(H,11,12). The van der Waals surface area contributed by atoms with E-state index in [0.717, 1.165) is 6.08 Å². The quantitative estimate of drug-likeness (QED) is 0.444. The van der Waals surface area contributed by atoms with Crippen molar-refractivity contribution < 1.29 is 19.9 Å². The van der Waals surface area contributed by atoms with Gasteiger partial charge in [-0.25, -0.2) is 4.79 Å². The molecule has 1 aromatic carbocycles. The molecule has 72 valence electrons. The van der Waals surface area contributed by atoms with Crippen LogP contribution in [0.25, 0.3) is 6.08 Å². The van der Waals surface area contributed by atoms with Gasteiger partial charge >= 0.3 is 13.1 Å². The Morgan fingerprint density at radius 1 is 1.21 bits per heavy atom. The van der Waals surface area contributed by atoms with Crippen molar-refractivity contribution in [3.8, 4) is 0 Å². The van der Waals surface area contributed by atoms with Crippen LogP contribution in [0, 0.1) is 0 Å². The first-order chi connectivity index (χ1) is 6.59. The molecule has 0 aliphatic rings. The van der Waals surface area contributed by atoms with Crippen molar-refractivity contribution in [2.45, 2.75) is 0 Å². The van der Waals surface area contributed by atoms with E-state index < -0.39 is 13.1 Å². The maximum absolute atomic E-state index is 10.2. The van der Waals surface area contributed by atoms with Gasteiger partial charge in [-0.3, -0.25) is 0 Å². The number of hydrogen-bond donors (Lipinski definition) is 3. The van der Waals surface area contributed by atoms with Gasteiger partial charge in [-0.1, -0.05) is 24.3 Å². The van der Waals surface area contributed by atoms with Crippen molar-refractivity contribution >= 4 is 24.6 Å². The fourth-order valence-electron chi connectivity index (χ4n) is 0.947. The molecular weight excluding hydrogens is 183 g/mol. The molecule has 14 heavy (non-hydrogen) atoms. The van der Waals surface area contributed by atoms with Crippen molar-refractivity contribution in [1.82, 2.24) is 0 Å². The minimum Gasteiger partial charge on any atom is -0.478 e. The Bertz CT molecular complexity index is 342. The molecule has 0 radical (unpaired) electrons. The predicted octanol–water partition coefficient (Wildman–Crippen LogP) is -0.536. The lowest BCUT2D eigenvalue weighted by molar-refractivity contribution is -0.131. The van der Waals surface area contributed by atoms with E-state index >= 15 is 0 Å². The van der Waals surface area contributed by atoms with Gasteiger partial charge in [0.05, 0.1) is 0 Å². The molecule has 0 amide bonds. The van der Waals surface area contributed by atoms with E-state index in [-0.39, 0.29) is 0 Å². The van der Waals surface area contributed by atoms with E-state index in [1.165, 1.54) is 18.2 Å². The highest BCUT2D eigenvalue weighted by Gasteiger charge is 2.08. The summed E-state index contributed by atoms with van der Waals surface area (Å²) in [6.45, 7) is 0. The summed E-state index contributed by atoms with van der Waals surface area (Å²) in [4.78, 5) is 10.2. The Balaban J connectivity index is 2.78. The van der Waals surface area contributed by atoms with Gasteiger partial charge in [0.1, 0.15) is 0 Å². The topological polar surface area (TPSA) is 77.8 Å². The summed E-state index contributed by atoms with van der Waals surface area (Å²) in [6, 6.07) is 6.25. The van der Waals surface area contributed by atoms with Crippen molar-refractivity contribution in [3.05, 3.63) is 35.9 Å². The van der Waals surface area contributed by atoms with Crippen LogP contribution in [0.15, 0.2) is 30.3 Å². The number of hydrogen-bond acceptors (Lipinski definition) is 3. The SMILES string of the molecule is O=C(O)C=Cc1ccc(B(O)O)cc1. The number of rotatable bonds is 3. The number of carboxylic acid groups (broad SMARTS) is 1. The summed E-state index contributed by atoms with van der Waals surface area (Å²) in [6.07, 6.45) is 2.44. The molecule has 0 saturated carbocycles. The zero-order valence-electron chi connectivity index (χ0n) is 7.29. The molecule has 4 nitrogen and oxygen atoms in total. The van der Waals surface area contributed by atoms with Crippen molar-refractivity contribution in [2.24, 2.45) is 0 Å². The van der Waals surface area contributed by atoms with Crippen molar-refractivity contribution in [3.63, 3.8) is 0 Å². The fourth-order valence-corrected chi connectivity index (χ4v) is 0.947. The Morgan fingerprint density at radius 2 is 1.79 bits per heavy atom. The molecule has 0 fully saturated rings. The van der Waals surface area contributed by atoms with Crippen LogP contribution in [0.5, 0.6) is 0 Å². The average molecular weight is 192 g/mol. The van der Waals surface area contributed by atoms with Gasteiger partial charge in [0.15, 0.2) is 0 Å². The molecule has 1 rings (SSSR count). The van der Waals surface area contributed by atoms with E-state index in [2.05, 4.69) is 0 Å². The number of carboxylic acids is 1. The first-order valence-electron chi connectivity index (χ1n) is 3.96. The van der Waals surface area contributed by atoms with E-state index in [4.69, 9.17) is 15.2 Å². The molecule has 0 aliphatic carbocycles. The third kappa shape index (κ3) is 3.04. The summed E-state index contributed by atoms with van der Waals surface area (Å²) in [7, 11) is -1.49. The monoisotopic (exact) mass is 192 g/mol. The number of carbonyl (C=O) groups is 1. The smallest absolute Gasteiger partial charge is 0.478 e. The Kier molecular flexibility index (Phi) is 3.44. The molecule has 0 heterocycles. The molecule has 0 atom stereocenters. The Hall–Kier alpha value is -1.59.